The number of carboxylic acid groups (broad SMARTS) is 1. The minimum atomic E-state index is -1.39. The van der Waals surface area contributed by atoms with E-state index in [0.717, 1.165) is 16.2 Å². The van der Waals surface area contributed by atoms with Crippen LogP contribution in [0.1, 0.15) is 5.56 Å². The van der Waals surface area contributed by atoms with Crippen LogP contribution in [0.4, 0.5) is 0 Å². The Kier molecular flexibility index (Phi) is 3.81. The Morgan fingerprint density at radius 1 is 1.29 bits per heavy atom. The zero-order chi connectivity index (χ0) is 12.3. The summed E-state index contributed by atoms with van der Waals surface area (Å²) in [6.45, 7) is 0. The first-order valence-corrected chi connectivity index (χ1v) is 7.71. The van der Waals surface area contributed by atoms with E-state index in [1.165, 1.54) is 5.37 Å². The molecule has 0 spiro atoms. The van der Waals surface area contributed by atoms with Crippen molar-refractivity contribution >= 4 is 42.3 Å². The van der Waals surface area contributed by atoms with Crippen molar-refractivity contribution in [3.05, 3.63) is 42.0 Å². The SMILES string of the molecule is O=C(O)C(=O)C=S1SCC=C1c1ccccc1. The lowest BCUT2D eigenvalue weighted by molar-refractivity contribution is -0.145. The number of ketones is 1. The standard InChI is InChI=1S/C12H10O3S2/c13-10(12(14)15)8-17-11(6-7-16-17)9-4-2-1-3-5-9/h1-6,8H,7H2,(H,14,15). The van der Waals surface area contributed by atoms with E-state index >= 15 is 0 Å². The molecule has 0 radical (unpaired) electrons. The summed E-state index contributed by atoms with van der Waals surface area (Å²) in [7, 11) is 1.14. The zero-order valence-corrected chi connectivity index (χ0v) is 10.5. The topological polar surface area (TPSA) is 54.4 Å². The fourth-order valence-electron chi connectivity index (χ4n) is 1.41. The van der Waals surface area contributed by atoms with Crippen LogP contribution in [0.3, 0.4) is 0 Å². The number of hydrogen-bond acceptors (Lipinski definition) is 3. The smallest absolute Gasteiger partial charge is 0.377 e. The number of aliphatic carboxylic acids is 1. The number of carbonyl (C=O) groups is 2. The molecule has 1 aliphatic rings. The lowest BCUT2D eigenvalue weighted by atomic mass is 10.2. The molecule has 17 heavy (non-hydrogen) atoms. The Bertz CT molecular complexity index is 518. The van der Waals surface area contributed by atoms with E-state index in [9.17, 15) is 9.59 Å². The van der Waals surface area contributed by atoms with Crippen molar-refractivity contribution in [2.24, 2.45) is 0 Å². The zero-order valence-electron chi connectivity index (χ0n) is 8.83. The highest BCUT2D eigenvalue weighted by molar-refractivity contribution is 8.87. The molecule has 1 unspecified atom stereocenters. The van der Waals surface area contributed by atoms with Crippen molar-refractivity contribution in [2.45, 2.75) is 0 Å². The second kappa shape index (κ2) is 5.33. The van der Waals surface area contributed by atoms with Gasteiger partial charge in [-0.25, -0.2) is 4.79 Å². The highest BCUT2D eigenvalue weighted by Gasteiger charge is 2.16. The summed E-state index contributed by atoms with van der Waals surface area (Å²) in [4.78, 5) is 22.8. The van der Waals surface area contributed by atoms with Crippen LogP contribution in [0.15, 0.2) is 36.4 Å². The van der Waals surface area contributed by atoms with Crippen molar-refractivity contribution in [2.75, 3.05) is 5.75 Å². The molecule has 0 bridgehead atoms. The van der Waals surface area contributed by atoms with Crippen molar-refractivity contribution in [1.82, 2.24) is 0 Å². The molecule has 1 atom stereocenters. The van der Waals surface area contributed by atoms with Crippen molar-refractivity contribution in [3.63, 3.8) is 0 Å². The number of carboxylic acids is 1. The molecule has 2 rings (SSSR count). The Hall–Kier alpha value is -1.33. The highest BCUT2D eigenvalue weighted by atomic mass is 33.1. The van der Waals surface area contributed by atoms with E-state index in [0.29, 0.717) is 0 Å². The molecule has 1 N–H and O–H groups in total. The molecular formula is C12H10O3S2. The molecule has 1 heterocycles. The van der Waals surface area contributed by atoms with E-state index in [1.807, 2.05) is 30.3 Å². The van der Waals surface area contributed by atoms with Crippen LogP contribution in [0.2, 0.25) is 0 Å². The third-order valence-corrected chi connectivity index (χ3v) is 5.98. The number of carbonyl (C=O) groups excluding carboxylic acids is 1. The van der Waals surface area contributed by atoms with Crippen LogP contribution in [-0.4, -0.2) is 28.0 Å². The summed E-state index contributed by atoms with van der Waals surface area (Å²) in [6, 6.07) is 9.73. The molecule has 0 aromatic heterocycles. The third kappa shape index (κ3) is 2.87. The highest BCUT2D eigenvalue weighted by Crippen LogP contribution is 2.49. The largest absolute Gasteiger partial charge is 0.475 e. The van der Waals surface area contributed by atoms with Gasteiger partial charge < -0.3 is 5.11 Å². The van der Waals surface area contributed by atoms with E-state index in [2.05, 4.69) is 6.08 Å². The fraction of sp³-hybridized carbons (Fsp3) is 0.0833. The number of rotatable bonds is 3. The van der Waals surface area contributed by atoms with Crippen LogP contribution < -0.4 is 0 Å². The second-order valence-electron chi connectivity index (χ2n) is 3.30. The van der Waals surface area contributed by atoms with Crippen LogP contribution in [0, 0.1) is 0 Å². The Morgan fingerprint density at radius 2 is 2.00 bits per heavy atom. The first kappa shape index (κ1) is 12.1. The molecule has 1 aromatic carbocycles. The van der Waals surface area contributed by atoms with Gasteiger partial charge >= 0.3 is 5.97 Å². The monoisotopic (exact) mass is 266 g/mol. The van der Waals surface area contributed by atoms with Crippen molar-refractivity contribution < 1.29 is 14.7 Å². The predicted octanol–water partition coefficient (Wildman–Crippen LogP) is 2.41. The number of hydrogen-bond donors (Lipinski definition) is 1. The minimum Gasteiger partial charge on any atom is -0.475 e. The molecule has 88 valence electrons. The van der Waals surface area contributed by atoms with Gasteiger partial charge in [0, 0.05) is 16.0 Å². The molecule has 0 saturated carbocycles. The molecule has 0 amide bonds. The number of Topliss-reactive ketones (excluding diaryl/α,β-unsaturated/α-hetero) is 1. The Balaban J connectivity index is 2.30. The number of benzene rings is 1. The lowest BCUT2D eigenvalue weighted by Crippen LogP contribution is -2.12. The fourth-order valence-corrected chi connectivity index (χ4v) is 5.11. The van der Waals surface area contributed by atoms with Crippen LogP contribution >= 0.6 is 20.3 Å². The van der Waals surface area contributed by atoms with Gasteiger partial charge in [0.05, 0.1) is 0 Å². The van der Waals surface area contributed by atoms with Gasteiger partial charge in [-0.3, -0.25) is 4.79 Å². The van der Waals surface area contributed by atoms with Crippen molar-refractivity contribution in [1.29, 1.82) is 0 Å². The summed E-state index contributed by atoms with van der Waals surface area (Å²) >= 11 is 0. The third-order valence-electron chi connectivity index (χ3n) is 2.16. The Morgan fingerprint density at radius 3 is 2.65 bits per heavy atom. The van der Waals surface area contributed by atoms with Gasteiger partial charge in [0.15, 0.2) is 0 Å². The average Bonchev–Trinajstić information content (AvgIpc) is 2.78. The van der Waals surface area contributed by atoms with E-state index in [1.54, 1.807) is 10.8 Å². The van der Waals surface area contributed by atoms with Gasteiger partial charge in [-0.15, -0.1) is 0 Å². The second-order valence-corrected chi connectivity index (χ2v) is 6.93. The van der Waals surface area contributed by atoms with Gasteiger partial charge in [0.1, 0.15) is 0 Å². The van der Waals surface area contributed by atoms with Crippen LogP contribution in [0.5, 0.6) is 0 Å². The normalized spacial score (nSPS) is 19.1. The molecule has 1 aromatic rings. The van der Waals surface area contributed by atoms with Crippen molar-refractivity contribution in [3.8, 4) is 0 Å². The van der Waals surface area contributed by atoms with Gasteiger partial charge in [-0.05, 0) is 5.56 Å². The summed E-state index contributed by atoms with van der Waals surface area (Å²) in [5, 5.41) is 9.90. The molecule has 0 aliphatic carbocycles. The molecule has 0 fully saturated rings. The van der Waals surface area contributed by atoms with E-state index in [-0.39, 0.29) is 0 Å². The quantitative estimate of drug-likeness (QED) is 0.518. The average molecular weight is 266 g/mol. The maximum Gasteiger partial charge on any atom is 0.377 e. The van der Waals surface area contributed by atoms with Gasteiger partial charge in [-0.1, -0.05) is 56.7 Å². The van der Waals surface area contributed by atoms with Crippen LogP contribution in [0.25, 0.3) is 4.91 Å². The first-order valence-electron chi connectivity index (χ1n) is 4.92. The first-order chi connectivity index (χ1) is 8.18. The van der Waals surface area contributed by atoms with Gasteiger partial charge in [-0.2, -0.15) is 0 Å². The maximum absolute atomic E-state index is 11.2. The lowest BCUT2D eigenvalue weighted by Gasteiger charge is -2.05. The summed E-state index contributed by atoms with van der Waals surface area (Å²) in [6.07, 6.45) is 2.05. The maximum atomic E-state index is 11.2. The van der Waals surface area contributed by atoms with E-state index in [4.69, 9.17) is 5.11 Å². The minimum absolute atomic E-state index is 0.444. The summed E-state index contributed by atoms with van der Waals surface area (Å²) in [5.74, 6) is -1.40. The molecule has 3 nitrogen and oxygen atoms in total. The predicted molar refractivity (Wildman–Crippen MR) is 73.2 cm³/mol. The van der Waals surface area contributed by atoms with Gasteiger partial charge in [0.2, 0.25) is 0 Å². The molecular weight excluding hydrogens is 256 g/mol. The summed E-state index contributed by atoms with van der Waals surface area (Å²) < 4.78 is 0. The summed E-state index contributed by atoms with van der Waals surface area (Å²) in [5.41, 5.74) is 1.05. The van der Waals surface area contributed by atoms with E-state index < -0.39 is 21.3 Å². The Labute approximate surface area is 105 Å². The van der Waals surface area contributed by atoms with Crippen LogP contribution in [-0.2, 0) is 9.59 Å². The molecule has 0 saturated heterocycles. The molecule has 5 heteroatoms. The van der Waals surface area contributed by atoms with Gasteiger partial charge in [0.25, 0.3) is 5.78 Å². The molecule has 1 aliphatic heterocycles.